The van der Waals surface area contributed by atoms with Gasteiger partial charge in [0.2, 0.25) is 0 Å². The lowest BCUT2D eigenvalue weighted by atomic mass is 10.1. The van der Waals surface area contributed by atoms with E-state index in [1.807, 2.05) is 6.07 Å². The molecule has 2 heterocycles. The average molecular weight is 277 g/mol. The fourth-order valence-corrected chi connectivity index (χ4v) is 3.25. The second kappa shape index (κ2) is 6.55. The van der Waals surface area contributed by atoms with E-state index < -0.39 is 0 Å². The smallest absolute Gasteiger partial charge is 0.128 e. The third-order valence-corrected chi connectivity index (χ3v) is 4.43. The Balaban J connectivity index is 1.70. The summed E-state index contributed by atoms with van der Waals surface area (Å²) in [5.74, 6) is -0.0375. The van der Waals surface area contributed by atoms with Crippen molar-refractivity contribution >= 4 is 5.69 Å². The van der Waals surface area contributed by atoms with Gasteiger partial charge in [0.25, 0.3) is 0 Å². The summed E-state index contributed by atoms with van der Waals surface area (Å²) in [6.45, 7) is 7.37. The highest BCUT2D eigenvalue weighted by Crippen LogP contribution is 2.27. The number of halogens is 1. The van der Waals surface area contributed by atoms with E-state index in [0.29, 0.717) is 0 Å². The molecule has 0 amide bonds. The van der Waals surface area contributed by atoms with Crippen LogP contribution in [0.2, 0.25) is 0 Å². The maximum atomic E-state index is 14.2. The molecule has 0 atom stereocenters. The van der Waals surface area contributed by atoms with Crippen molar-refractivity contribution < 1.29 is 4.39 Å². The highest BCUT2D eigenvalue weighted by atomic mass is 19.1. The molecule has 110 valence electrons. The van der Waals surface area contributed by atoms with E-state index in [1.54, 1.807) is 6.07 Å². The summed E-state index contributed by atoms with van der Waals surface area (Å²) in [6, 6.07) is 5.53. The molecule has 2 fully saturated rings. The van der Waals surface area contributed by atoms with E-state index in [2.05, 4.69) is 21.2 Å². The molecule has 2 aliphatic rings. The molecule has 3 nitrogen and oxygen atoms in total. The van der Waals surface area contributed by atoms with Crippen LogP contribution in [0.25, 0.3) is 0 Å². The highest BCUT2D eigenvalue weighted by Gasteiger charge is 2.19. The zero-order valence-corrected chi connectivity index (χ0v) is 12.1. The summed E-state index contributed by atoms with van der Waals surface area (Å²) in [5.41, 5.74) is 2.03. The maximum Gasteiger partial charge on any atom is 0.128 e. The summed E-state index contributed by atoms with van der Waals surface area (Å²) in [5, 5.41) is 3.36. The molecule has 0 saturated carbocycles. The normalized spacial score (nSPS) is 20.6. The van der Waals surface area contributed by atoms with Gasteiger partial charge in [0, 0.05) is 57.1 Å². The van der Waals surface area contributed by atoms with E-state index in [0.717, 1.165) is 63.5 Å². The quantitative estimate of drug-likeness (QED) is 0.906. The predicted molar refractivity (Wildman–Crippen MR) is 80.9 cm³/mol. The van der Waals surface area contributed by atoms with E-state index in [1.165, 1.54) is 12.8 Å². The molecular formula is C16H24FN3. The number of nitrogens with zero attached hydrogens (tertiary/aromatic N) is 2. The third-order valence-electron chi connectivity index (χ3n) is 4.43. The van der Waals surface area contributed by atoms with Gasteiger partial charge in [0.05, 0.1) is 0 Å². The zero-order valence-electron chi connectivity index (χ0n) is 12.1. The first-order chi connectivity index (χ1) is 9.84. The van der Waals surface area contributed by atoms with Crippen LogP contribution in [-0.2, 0) is 6.42 Å². The summed E-state index contributed by atoms with van der Waals surface area (Å²) in [7, 11) is 0. The number of benzene rings is 1. The first kappa shape index (κ1) is 13.8. The maximum absolute atomic E-state index is 14.2. The Kier molecular flexibility index (Phi) is 4.53. The fraction of sp³-hybridized carbons (Fsp3) is 0.625. The lowest BCUT2D eigenvalue weighted by molar-refractivity contribution is 0.243. The number of anilines is 1. The summed E-state index contributed by atoms with van der Waals surface area (Å²) in [4.78, 5) is 4.77. The van der Waals surface area contributed by atoms with Gasteiger partial charge in [-0.3, -0.25) is 0 Å². The fourth-order valence-electron chi connectivity index (χ4n) is 3.25. The van der Waals surface area contributed by atoms with Gasteiger partial charge < -0.3 is 15.1 Å². The van der Waals surface area contributed by atoms with Crippen molar-refractivity contribution in [2.24, 2.45) is 0 Å². The lowest BCUT2D eigenvalue weighted by Crippen LogP contribution is -2.44. The van der Waals surface area contributed by atoms with Gasteiger partial charge in [-0.1, -0.05) is 6.07 Å². The van der Waals surface area contributed by atoms with Gasteiger partial charge in [-0.15, -0.1) is 0 Å². The van der Waals surface area contributed by atoms with Crippen LogP contribution in [0.5, 0.6) is 0 Å². The number of nitrogens with one attached hydrogen (secondary N) is 1. The Hall–Kier alpha value is -1.13. The molecule has 0 radical (unpaired) electrons. The SMILES string of the molecule is Fc1cccc(N2CCCC2)c1CCN1CCNCC1. The van der Waals surface area contributed by atoms with Crippen molar-refractivity contribution in [1.82, 2.24) is 10.2 Å². The molecule has 2 saturated heterocycles. The zero-order chi connectivity index (χ0) is 13.8. The van der Waals surface area contributed by atoms with Crippen LogP contribution < -0.4 is 10.2 Å². The average Bonchev–Trinajstić information content (AvgIpc) is 3.01. The number of rotatable bonds is 4. The molecule has 2 aliphatic heterocycles. The van der Waals surface area contributed by atoms with Crippen LogP contribution in [0.4, 0.5) is 10.1 Å². The van der Waals surface area contributed by atoms with E-state index in [9.17, 15) is 4.39 Å². The van der Waals surface area contributed by atoms with Crippen LogP contribution in [0, 0.1) is 5.82 Å². The molecule has 0 unspecified atom stereocenters. The first-order valence-corrected chi connectivity index (χ1v) is 7.80. The Morgan fingerprint density at radius 1 is 1.05 bits per heavy atom. The van der Waals surface area contributed by atoms with Gasteiger partial charge in [-0.05, 0) is 31.4 Å². The molecule has 3 rings (SSSR count). The van der Waals surface area contributed by atoms with Gasteiger partial charge in [0.1, 0.15) is 5.82 Å². The van der Waals surface area contributed by atoms with Crippen LogP contribution in [0.3, 0.4) is 0 Å². The molecule has 20 heavy (non-hydrogen) atoms. The number of hydrogen-bond acceptors (Lipinski definition) is 3. The van der Waals surface area contributed by atoms with Crippen LogP contribution in [-0.4, -0.2) is 50.7 Å². The van der Waals surface area contributed by atoms with Crippen molar-refractivity contribution in [3.63, 3.8) is 0 Å². The molecule has 1 aromatic rings. The summed E-state index contributed by atoms with van der Waals surface area (Å²) >= 11 is 0. The van der Waals surface area contributed by atoms with Gasteiger partial charge >= 0.3 is 0 Å². The van der Waals surface area contributed by atoms with Crippen molar-refractivity contribution in [3.05, 3.63) is 29.6 Å². The molecule has 0 aliphatic carbocycles. The molecule has 0 spiro atoms. The lowest BCUT2D eigenvalue weighted by Gasteiger charge is -2.28. The molecule has 4 heteroatoms. The minimum Gasteiger partial charge on any atom is -0.371 e. The Bertz CT molecular complexity index is 437. The van der Waals surface area contributed by atoms with Gasteiger partial charge in [-0.25, -0.2) is 4.39 Å². The largest absolute Gasteiger partial charge is 0.371 e. The molecule has 0 bridgehead atoms. The van der Waals surface area contributed by atoms with E-state index >= 15 is 0 Å². The van der Waals surface area contributed by atoms with Crippen molar-refractivity contribution in [2.75, 3.05) is 50.7 Å². The number of hydrogen-bond donors (Lipinski definition) is 1. The minimum absolute atomic E-state index is 0.0375. The molecule has 1 N–H and O–H groups in total. The van der Waals surface area contributed by atoms with Gasteiger partial charge in [-0.2, -0.15) is 0 Å². The van der Waals surface area contributed by atoms with E-state index in [-0.39, 0.29) is 5.82 Å². The molecule has 0 aromatic heterocycles. The Morgan fingerprint density at radius 3 is 2.55 bits per heavy atom. The van der Waals surface area contributed by atoms with Crippen molar-refractivity contribution in [2.45, 2.75) is 19.3 Å². The minimum atomic E-state index is -0.0375. The highest BCUT2D eigenvalue weighted by molar-refractivity contribution is 5.55. The van der Waals surface area contributed by atoms with Crippen molar-refractivity contribution in [1.29, 1.82) is 0 Å². The molecule has 1 aromatic carbocycles. The molecular weight excluding hydrogens is 253 g/mol. The van der Waals surface area contributed by atoms with Crippen molar-refractivity contribution in [3.8, 4) is 0 Å². The Labute approximate surface area is 120 Å². The topological polar surface area (TPSA) is 18.5 Å². The number of piperazine rings is 1. The summed E-state index contributed by atoms with van der Waals surface area (Å²) < 4.78 is 14.2. The second-order valence-electron chi connectivity index (χ2n) is 5.77. The Morgan fingerprint density at radius 2 is 1.80 bits per heavy atom. The van der Waals surface area contributed by atoms with E-state index in [4.69, 9.17) is 0 Å². The first-order valence-electron chi connectivity index (χ1n) is 7.80. The third kappa shape index (κ3) is 3.13. The predicted octanol–water partition coefficient (Wildman–Crippen LogP) is 1.87. The standard InChI is InChI=1S/C16H24FN3/c17-15-4-3-5-16(20-9-1-2-10-20)14(15)6-11-19-12-7-18-8-13-19/h3-5,18H,1-2,6-13H2. The van der Waals surface area contributed by atoms with Crippen LogP contribution in [0.15, 0.2) is 18.2 Å². The monoisotopic (exact) mass is 277 g/mol. The van der Waals surface area contributed by atoms with Crippen LogP contribution >= 0.6 is 0 Å². The summed E-state index contributed by atoms with van der Waals surface area (Å²) in [6.07, 6.45) is 3.28. The van der Waals surface area contributed by atoms with Gasteiger partial charge in [0.15, 0.2) is 0 Å². The second-order valence-corrected chi connectivity index (χ2v) is 5.77. The van der Waals surface area contributed by atoms with Crippen LogP contribution in [0.1, 0.15) is 18.4 Å².